The van der Waals surface area contributed by atoms with Gasteiger partial charge in [0.15, 0.2) is 41.1 Å². The minimum atomic E-state index is -4.87. The normalized spacial score (nSPS) is 29.1. The van der Waals surface area contributed by atoms with Gasteiger partial charge in [-0.25, -0.2) is 19.3 Å². The van der Waals surface area contributed by atoms with Gasteiger partial charge in [-0.05, 0) is 31.6 Å². The fraction of sp³-hybridized carbons (Fsp3) is 0.773. The summed E-state index contributed by atoms with van der Waals surface area (Å²) in [6.07, 6.45) is -1.20. The molecule has 224 valence electrons. The number of anilines is 1. The fourth-order valence-corrected chi connectivity index (χ4v) is 7.96. The standard InChI is InChI=1S/C22H34FN5O10P2/c23-15-18(30)14(9-37-40(34,35)11-39(31,32)33)38-22(15)28-10-24-16-19(25-13-3-1-2-4-13)26-20(27-21(16)28)17(29)12-5-7-36-8-6-12/h10,12-15,17-18,22,29-30H,1-9,11H2,(H,34,35)(H,25,26,27)(H2,31,32,33)/t14-,15+,17?,18-,22-/m1/s1. The molecular formula is C22H34FN5O10P2. The van der Waals surface area contributed by atoms with E-state index in [1.54, 1.807) is 0 Å². The molecule has 15 nitrogen and oxygen atoms in total. The molecule has 1 saturated carbocycles. The Morgan fingerprint density at radius 1 is 1.15 bits per heavy atom. The molecule has 6 atom stereocenters. The van der Waals surface area contributed by atoms with Crippen molar-refractivity contribution in [3.05, 3.63) is 12.2 Å². The van der Waals surface area contributed by atoms with Crippen molar-refractivity contribution < 1.29 is 52.4 Å². The summed E-state index contributed by atoms with van der Waals surface area (Å²) >= 11 is 0. The summed E-state index contributed by atoms with van der Waals surface area (Å²) in [4.78, 5) is 41.2. The Kier molecular flexibility index (Phi) is 8.94. The molecular weight excluding hydrogens is 575 g/mol. The second-order valence-corrected chi connectivity index (χ2v) is 14.5. The van der Waals surface area contributed by atoms with Crippen LogP contribution >= 0.6 is 15.2 Å². The quantitative estimate of drug-likeness (QED) is 0.211. The molecule has 2 aromatic rings. The van der Waals surface area contributed by atoms with Crippen LogP contribution < -0.4 is 5.32 Å². The van der Waals surface area contributed by atoms with E-state index in [1.165, 1.54) is 10.9 Å². The number of nitrogens with one attached hydrogen (secondary N) is 1. The molecule has 3 fully saturated rings. The summed E-state index contributed by atoms with van der Waals surface area (Å²) in [5.41, 5.74) is 0.480. The number of aromatic nitrogens is 4. The summed E-state index contributed by atoms with van der Waals surface area (Å²) < 4.78 is 55.5. The first kappa shape index (κ1) is 29.9. The van der Waals surface area contributed by atoms with Crippen LogP contribution in [0.25, 0.3) is 11.2 Å². The molecule has 40 heavy (non-hydrogen) atoms. The minimum Gasteiger partial charge on any atom is -0.387 e. The molecule has 0 amide bonds. The number of hydrogen-bond acceptors (Lipinski definition) is 11. The minimum absolute atomic E-state index is 0.133. The molecule has 0 spiro atoms. The Morgan fingerprint density at radius 3 is 2.52 bits per heavy atom. The average molecular weight is 609 g/mol. The molecule has 6 N–H and O–H groups in total. The zero-order chi connectivity index (χ0) is 28.7. The Balaban J connectivity index is 1.42. The van der Waals surface area contributed by atoms with E-state index in [0.717, 1.165) is 25.7 Å². The van der Waals surface area contributed by atoms with E-state index in [4.69, 9.17) is 23.8 Å². The van der Waals surface area contributed by atoms with Gasteiger partial charge in [-0.15, -0.1) is 0 Å². The highest BCUT2D eigenvalue weighted by Crippen LogP contribution is 2.55. The zero-order valence-corrected chi connectivity index (χ0v) is 23.3. The molecule has 4 heterocycles. The number of aliphatic hydroxyl groups excluding tert-OH is 2. The number of fused-ring (bicyclic) bond motifs is 1. The van der Waals surface area contributed by atoms with Crippen LogP contribution in [0.5, 0.6) is 0 Å². The van der Waals surface area contributed by atoms with E-state index in [2.05, 4.69) is 20.3 Å². The third-order valence-electron chi connectivity index (χ3n) is 7.48. The first-order valence-corrected chi connectivity index (χ1v) is 16.7. The molecule has 2 aromatic heterocycles. The monoisotopic (exact) mass is 609 g/mol. The third-order valence-corrected chi connectivity index (χ3v) is 10.9. The SMILES string of the molecule is O=P(O)(O)CP(=O)(O)OC[C@H]1O[C@@H](n2cnc3c(NC4CCCC4)nc(C(O)C4CCOCC4)nc32)[C@@H](F)[C@@H]1O. The summed E-state index contributed by atoms with van der Waals surface area (Å²) in [7, 11) is -9.62. The number of alkyl halides is 1. The van der Waals surface area contributed by atoms with E-state index >= 15 is 4.39 Å². The first-order valence-electron chi connectivity index (χ1n) is 13.2. The lowest BCUT2D eigenvalue weighted by atomic mass is 9.93. The van der Waals surface area contributed by atoms with Crippen molar-refractivity contribution in [2.45, 2.75) is 75.3 Å². The Bertz CT molecular complexity index is 1280. The predicted molar refractivity (Wildman–Crippen MR) is 137 cm³/mol. The van der Waals surface area contributed by atoms with Crippen molar-refractivity contribution in [3.8, 4) is 0 Å². The number of aliphatic hydroxyl groups is 2. The molecule has 2 aliphatic heterocycles. The molecule has 0 aromatic carbocycles. The molecule has 2 saturated heterocycles. The van der Waals surface area contributed by atoms with Crippen LogP contribution in [-0.2, 0) is 23.1 Å². The Morgan fingerprint density at radius 2 is 1.85 bits per heavy atom. The van der Waals surface area contributed by atoms with Gasteiger partial charge < -0.3 is 44.2 Å². The van der Waals surface area contributed by atoms with Crippen LogP contribution in [0.4, 0.5) is 10.2 Å². The van der Waals surface area contributed by atoms with Gasteiger partial charge in [-0.1, -0.05) is 12.8 Å². The molecule has 5 rings (SSSR count). The van der Waals surface area contributed by atoms with E-state index in [-0.39, 0.29) is 23.4 Å². The van der Waals surface area contributed by atoms with Crippen molar-refractivity contribution in [1.29, 1.82) is 0 Å². The second-order valence-electron chi connectivity index (χ2n) is 10.5. The largest absolute Gasteiger partial charge is 0.387 e. The van der Waals surface area contributed by atoms with Gasteiger partial charge in [0, 0.05) is 19.3 Å². The van der Waals surface area contributed by atoms with Gasteiger partial charge in [0.25, 0.3) is 0 Å². The lowest BCUT2D eigenvalue weighted by Gasteiger charge is -2.26. The van der Waals surface area contributed by atoms with Crippen LogP contribution in [0.1, 0.15) is 56.7 Å². The average Bonchev–Trinajstić information content (AvgIpc) is 3.62. The van der Waals surface area contributed by atoms with Crippen molar-refractivity contribution in [2.75, 3.05) is 31.0 Å². The first-order chi connectivity index (χ1) is 18.9. The second kappa shape index (κ2) is 12.0. The van der Waals surface area contributed by atoms with E-state index in [1.807, 2.05) is 0 Å². The number of ether oxygens (including phenoxy) is 2. The van der Waals surface area contributed by atoms with Crippen molar-refractivity contribution >= 4 is 32.2 Å². The zero-order valence-electron chi connectivity index (χ0n) is 21.5. The van der Waals surface area contributed by atoms with E-state index in [0.29, 0.717) is 37.4 Å². The maximum absolute atomic E-state index is 15.3. The summed E-state index contributed by atoms with van der Waals surface area (Å²) in [6, 6.07) is 0.152. The predicted octanol–water partition coefficient (Wildman–Crippen LogP) is 1.57. The smallest absolute Gasteiger partial charge is 0.340 e. The molecule has 2 unspecified atom stereocenters. The van der Waals surface area contributed by atoms with Gasteiger partial charge in [0.2, 0.25) is 0 Å². The van der Waals surface area contributed by atoms with Gasteiger partial charge in [0.1, 0.15) is 18.3 Å². The van der Waals surface area contributed by atoms with Crippen molar-refractivity contribution in [3.63, 3.8) is 0 Å². The van der Waals surface area contributed by atoms with E-state index in [9.17, 15) is 24.2 Å². The summed E-state index contributed by atoms with van der Waals surface area (Å²) in [6.45, 7) is 0.214. The van der Waals surface area contributed by atoms with Crippen LogP contribution in [-0.4, -0.2) is 94.6 Å². The number of imidazole rings is 1. The van der Waals surface area contributed by atoms with Crippen LogP contribution in [0.2, 0.25) is 0 Å². The Labute approximate surface area is 228 Å². The maximum atomic E-state index is 15.3. The number of nitrogens with zero attached hydrogens (tertiary/aromatic N) is 4. The highest BCUT2D eigenvalue weighted by molar-refractivity contribution is 7.70. The maximum Gasteiger partial charge on any atom is 0.340 e. The van der Waals surface area contributed by atoms with Gasteiger partial charge in [-0.2, -0.15) is 0 Å². The van der Waals surface area contributed by atoms with Crippen LogP contribution in [0.3, 0.4) is 0 Å². The lowest BCUT2D eigenvalue weighted by Crippen LogP contribution is -2.31. The highest BCUT2D eigenvalue weighted by atomic mass is 31.2. The Hall–Kier alpha value is -1.58. The number of hydrogen-bond donors (Lipinski definition) is 6. The van der Waals surface area contributed by atoms with Crippen LogP contribution in [0.15, 0.2) is 6.33 Å². The van der Waals surface area contributed by atoms with Crippen molar-refractivity contribution in [1.82, 2.24) is 19.5 Å². The van der Waals surface area contributed by atoms with Gasteiger partial charge >= 0.3 is 15.2 Å². The number of halogens is 1. The molecule has 3 aliphatic rings. The van der Waals surface area contributed by atoms with Crippen LogP contribution in [0, 0.1) is 5.92 Å². The lowest BCUT2D eigenvalue weighted by molar-refractivity contribution is -0.0425. The van der Waals surface area contributed by atoms with E-state index < -0.39 is 58.4 Å². The molecule has 18 heteroatoms. The summed E-state index contributed by atoms with van der Waals surface area (Å²) in [5.74, 6) is -1.04. The molecule has 1 aliphatic carbocycles. The van der Waals surface area contributed by atoms with Gasteiger partial charge in [-0.3, -0.25) is 13.7 Å². The fourth-order valence-electron chi connectivity index (χ4n) is 5.39. The third kappa shape index (κ3) is 6.73. The number of rotatable bonds is 10. The van der Waals surface area contributed by atoms with Gasteiger partial charge in [0.05, 0.1) is 12.9 Å². The topological polar surface area (TPSA) is 219 Å². The van der Waals surface area contributed by atoms with Crippen molar-refractivity contribution in [2.24, 2.45) is 5.92 Å². The molecule has 0 bridgehead atoms. The molecule has 0 radical (unpaired) electrons. The highest BCUT2D eigenvalue weighted by Gasteiger charge is 2.47. The summed E-state index contributed by atoms with van der Waals surface area (Å²) in [5, 5.41) is 25.0.